The molecule has 0 bridgehead atoms. The zero-order valence-electron chi connectivity index (χ0n) is 16.5. The zero-order valence-corrected chi connectivity index (χ0v) is 19.7. The minimum Gasteiger partial charge on any atom is -0.307 e. The van der Waals surface area contributed by atoms with Crippen LogP contribution >= 0.6 is 31.9 Å². The predicted octanol–water partition coefficient (Wildman–Crippen LogP) is 7.20. The number of benzene rings is 2. The quantitative estimate of drug-likeness (QED) is 0.307. The van der Waals surface area contributed by atoms with Crippen LogP contribution in [0.5, 0.6) is 0 Å². The number of nitrogens with one attached hydrogen (secondary N) is 1. The van der Waals surface area contributed by atoms with Gasteiger partial charge in [0, 0.05) is 26.1 Å². The Morgan fingerprint density at radius 3 is 2.33 bits per heavy atom. The van der Waals surface area contributed by atoms with Crippen LogP contribution in [0.2, 0.25) is 0 Å². The Hall–Kier alpha value is -2.57. The molecule has 6 heteroatoms. The van der Waals surface area contributed by atoms with E-state index in [2.05, 4.69) is 80.3 Å². The van der Waals surface area contributed by atoms with Crippen molar-refractivity contribution >= 4 is 54.5 Å². The molecule has 1 amide bonds. The van der Waals surface area contributed by atoms with Gasteiger partial charge in [-0.15, -0.1) is 0 Å². The van der Waals surface area contributed by atoms with E-state index in [-0.39, 0.29) is 5.91 Å². The average molecular weight is 525 g/mol. The first-order valence-electron chi connectivity index (χ1n) is 9.54. The van der Waals surface area contributed by atoms with Gasteiger partial charge < -0.3 is 5.32 Å². The Morgan fingerprint density at radius 1 is 0.933 bits per heavy atom. The fourth-order valence-corrected chi connectivity index (χ4v) is 3.80. The van der Waals surface area contributed by atoms with E-state index in [9.17, 15) is 4.79 Å². The number of pyridine rings is 2. The third kappa shape index (κ3) is 4.45. The van der Waals surface area contributed by atoms with E-state index in [0.717, 1.165) is 31.1 Å². The number of amides is 1. The van der Waals surface area contributed by atoms with Gasteiger partial charge in [0.05, 0.1) is 16.8 Å². The van der Waals surface area contributed by atoms with Crippen LogP contribution in [-0.2, 0) is 0 Å². The monoisotopic (exact) mass is 523 g/mol. The largest absolute Gasteiger partial charge is 0.307 e. The fraction of sp³-hybridized carbons (Fsp3) is 0.125. The fourth-order valence-electron chi connectivity index (χ4n) is 3.21. The van der Waals surface area contributed by atoms with Crippen LogP contribution in [0.3, 0.4) is 0 Å². The molecule has 4 aromatic rings. The van der Waals surface area contributed by atoms with Crippen molar-refractivity contribution in [3.05, 3.63) is 86.9 Å². The number of aromatic nitrogens is 2. The van der Waals surface area contributed by atoms with Crippen molar-refractivity contribution in [3.63, 3.8) is 0 Å². The molecule has 4 nitrogen and oxygen atoms in total. The first kappa shape index (κ1) is 20.7. The number of fused-ring (bicyclic) bond motifs is 1. The number of anilines is 1. The number of rotatable bonds is 4. The molecule has 150 valence electrons. The second-order valence-electron chi connectivity index (χ2n) is 7.31. The van der Waals surface area contributed by atoms with Crippen molar-refractivity contribution in [2.45, 2.75) is 19.8 Å². The van der Waals surface area contributed by atoms with E-state index in [0.29, 0.717) is 17.3 Å². The third-order valence-corrected chi connectivity index (χ3v) is 5.82. The van der Waals surface area contributed by atoms with Gasteiger partial charge in [0.15, 0.2) is 0 Å². The number of halogens is 2. The molecule has 2 aromatic heterocycles. The Kier molecular flexibility index (Phi) is 5.97. The summed E-state index contributed by atoms with van der Waals surface area (Å²) in [7, 11) is 0. The van der Waals surface area contributed by atoms with Gasteiger partial charge in [-0.25, -0.2) is 9.97 Å². The lowest BCUT2D eigenvalue weighted by Gasteiger charge is -2.12. The number of hydrogen-bond donors (Lipinski definition) is 1. The summed E-state index contributed by atoms with van der Waals surface area (Å²) in [6.45, 7) is 4.33. The number of nitrogens with zero attached hydrogens (tertiary/aromatic N) is 2. The van der Waals surface area contributed by atoms with Gasteiger partial charge >= 0.3 is 0 Å². The third-order valence-electron chi connectivity index (χ3n) is 4.86. The highest BCUT2D eigenvalue weighted by Crippen LogP contribution is 2.29. The molecular formula is C24H19Br2N3O. The minimum absolute atomic E-state index is 0.227. The Morgan fingerprint density at radius 2 is 1.67 bits per heavy atom. The van der Waals surface area contributed by atoms with E-state index in [4.69, 9.17) is 4.98 Å². The summed E-state index contributed by atoms with van der Waals surface area (Å²) in [4.78, 5) is 22.2. The molecule has 0 aliphatic carbocycles. The Labute approximate surface area is 192 Å². The van der Waals surface area contributed by atoms with E-state index in [1.165, 1.54) is 5.56 Å². The molecule has 0 fully saturated rings. The molecule has 0 saturated carbocycles. The molecule has 0 atom stereocenters. The molecule has 0 aliphatic heterocycles. The highest BCUT2D eigenvalue weighted by molar-refractivity contribution is 9.10. The normalized spacial score (nSPS) is 11.1. The number of carbonyl (C=O) groups excluding carboxylic acids is 1. The van der Waals surface area contributed by atoms with Crippen LogP contribution < -0.4 is 5.32 Å². The van der Waals surface area contributed by atoms with E-state index < -0.39 is 0 Å². The van der Waals surface area contributed by atoms with Crippen molar-refractivity contribution in [1.82, 2.24) is 9.97 Å². The lowest BCUT2D eigenvalue weighted by atomic mass is 9.99. The van der Waals surface area contributed by atoms with E-state index in [1.54, 1.807) is 12.3 Å². The molecule has 4 rings (SSSR count). The highest BCUT2D eigenvalue weighted by Gasteiger charge is 2.15. The van der Waals surface area contributed by atoms with Gasteiger partial charge in [-0.05, 0) is 63.8 Å². The Balaban J connectivity index is 1.79. The minimum atomic E-state index is -0.227. The van der Waals surface area contributed by atoms with Crippen LogP contribution in [0.4, 0.5) is 5.82 Å². The maximum atomic E-state index is 13.1. The summed E-state index contributed by atoms with van der Waals surface area (Å²) >= 11 is 6.86. The van der Waals surface area contributed by atoms with Gasteiger partial charge in [-0.2, -0.15) is 0 Å². The Bertz CT molecular complexity index is 1220. The van der Waals surface area contributed by atoms with Crippen molar-refractivity contribution < 1.29 is 4.79 Å². The summed E-state index contributed by atoms with van der Waals surface area (Å²) in [6.07, 6.45) is 1.65. The maximum Gasteiger partial charge on any atom is 0.257 e. The summed E-state index contributed by atoms with van der Waals surface area (Å²) < 4.78 is 1.74. The summed E-state index contributed by atoms with van der Waals surface area (Å²) in [5.74, 6) is 0.724. The van der Waals surface area contributed by atoms with Crippen molar-refractivity contribution in [2.75, 3.05) is 5.32 Å². The van der Waals surface area contributed by atoms with Gasteiger partial charge in [0.1, 0.15) is 5.82 Å². The molecule has 0 radical (unpaired) electrons. The van der Waals surface area contributed by atoms with Crippen molar-refractivity contribution in [1.29, 1.82) is 0 Å². The predicted molar refractivity (Wildman–Crippen MR) is 129 cm³/mol. The van der Waals surface area contributed by atoms with Crippen LogP contribution in [-0.4, -0.2) is 15.9 Å². The van der Waals surface area contributed by atoms with Crippen LogP contribution in [0.15, 0.2) is 75.8 Å². The van der Waals surface area contributed by atoms with Crippen LogP contribution in [0.25, 0.3) is 22.2 Å². The first-order valence-corrected chi connectivity index (χ1v) is 11.1. The summed E-state index contributed by atoms with van der Waals surface area (Å²) in [6, 6.07) is 19.5. The standard InChI is InChI=1S/C24H19Br2N3O/c1-14(2)15-3-5-16(6-4-15)22-12-20(19-11-17(25)7-9-21(19)28-22)24(30)29-23-10-8-18(26)13-27-23/h3-14H,1-2H3,(H,27,29,30). The average Bonchev–Trinajstić information content (AvgIpc) is 2.74. The lowest BCUT2D eigenvalue weighted by Crippen LogP contribution is -2.14. The first-order chi connectivity index (χ1) is 14.4. The second-order valence-corrected chi connectivity index (χ2v) is 9.14. The molecule has 2 aromatic carbocycles. The molecule has 0 saturated heterocycles. The molecule has 0 spiro atoms. The number of hydrogen-bond acceptors (Lipinski definition) is 3. The van der Waals surface area contributed by atoms with Crippen molar-refractivity contribution in [2.24, 2.45) is 0 Å². The topological polar surface area (TPSA) is 54.9 Å². The van der Waals surface area contributed by atoms with Crippen LogP contribution in [0.1, 0.15) is 35.7 Å². The number of carbonyl (C=O) groups is 1. The molecule has 0 unspecified atom stereocenters. The second kappa shape index (κ2) is 8.66. The summed E-state index contributed by atoms with van der Waals surface area (Å²) in [5, 5.41) is 3.66. The molecular weight excluding hydrogens is 506 g/mol. The van der Waals surface area contributed by atoms with Gasteiger partial charge in [-0.3, -0.25) is 4.79 Å². The van der Waals surface area contributed by atoms with Gasteiger partial charge in [0.25, 0.3) is 5.91 Å². The molecule has 1 N–H and O–H groups in total. The molecule has 30 heavy (non-hydrogen) atoms. The lowest BCUT2D eigenvalue weighted by molar-refractivity contribution is 0.102. The van der Waals surface area contributed by atoms with Crippen LogP contribution in [0, 0.1) is 0 Å². The van der Waals surface area contributed by atoms with Crippen molar-refractivity contribution in [3.8, 4) is 11.3 Å². The van der Waals surface area contributed by atoms with E-state index >= 15 is 0 Å². The zero-order chi connectivity index (χ0) is 21.3. The highest BCUT2D eigenvalue weighted by atomic mass is 79.9. The molecule has 0 aliphatic rings. The van der Waals surface area contributed by atoms with Gasteiger partial charge in [-0.1, -0.05) is 54.0 Å². The smallest absolute Gasteiger partial charge is 0.257 e. The maximum absolute atomic E-state index is 13.1. The summed E-state index contributed by atoms with van der Waals surface area (Å²) in [5.41, 5.74) is 4.31. The SMILES string of the molecule is CC(C)c1ccc(-c2cc(C(=O)Nc3ccc(Br)cn3)c3cc(Br)ccc3n2)cc1. The molecule has 2 heterocycles. The van der Waals surface area contributed by atoms with Gasteiger partial charge in [0.2, 0.25) is 0 Å². The van der Waals surface area contributed by atoms with E-state index in [1.807, 2.05) is 30.3 Å².